The van der Waals surface area contributed by atoms with Crippen LogP contribution in [0.5, 0.6) is 0 Å². The largest absolute Gasteiger partial charge is 0.478 e. The van der Waals surface area contributed by atoms with Crippen LogP contribution in [0.25, 0.3) is 0 Å². The first-order valence-corrected chi connectivity index (χ1v) is 3.05. The summed E-state index contributed by atoms with van der Waals surface area (Å²) in [6.45, 7) is 0.837. The first-order valence-electron chi connectivity index (χ1n) is 3.05. The molecule has 0 aromatic heterocycles. The van der Waals surface area contributed by atoms with Crippen molar-refractivity contribution in [1.29, 1.82) is 0 Å². The molecule has 0 saturated heterocycles. The van der Waals surface area contributed by atoms with Crippen LogP contribution in [0, 0.1) is 0 Å². The molecule has 2 N–H and O–H groups in total. The molecular formula is C7H6F2O4. The third-order valence-corrected chi connectivity index (χ3v) is 1.23. The summed E-state index contributed by atoms with van der Waals surface area (Å²) < 4.78 is 24.5. The van der Waals surface area contributed by atoms with E-state index >= 15 is 0 Å². The molecule has 0 amide bonds. The Hall–Kier alpha value is -1.72. The number of hydrogen-bond acceptors (Lipinski definition) is 2. The van der Waals surface area contributed by atoms with Gasteiger partial charge in [0.1, 0.15) is 17.7 Å². The maximum Gasteiger partial charge on any atom is 0.341 e. The van der Waals surface area contributed by atoms with Crippen LogP contribution in [-0.2, 0) is 9.59 Å². The lowest BCUT2D eigenvalue weighted by molar-refractivity contribution is -0.132. The van der Waals surface area contributed by atoms with Crippen molar-refractivity contribution in [3.8, 4) is 0 Å². The predicted octanol–water partition coefficient (Wildman–Crippen LogP) is 1.25. The van der Waals surface area contributed by atoms with Crippen molar-refractivity contribution in [1.82, 2.24) is 0 Å². The molecule has 0 radical (unpaired) electrons. The molecule has 4 nitrogen and oxygen atoms in total. The van der Waals surface area contributed by atoms with Crippen LogP contribution in [0.1, 0.15) is 6.92 Å². The zero-order chi connectivity index (χ0) is 10.6. The first kappa shape index (κ1) is 11.3. The Morgan fingerprint density at radius 1 is 1.23 bits per heavy atom. The number of carbonyl (C=O) groups is 2. The zero-order valence-electron chi connectivity index (χ0n) is 6.54. The van der Waals surface area contributed by atoms with Gasteiger partial charge in [0.15, 0.2) is 0 Å². The van der Waals surface area contributed by atoms with E-state index in [9.17, 15) is 18.4 Å². The zero-order valence-corrected chi connectivity index (χ0v) is 6.54. The van der Waals surface area contributed by atoms with E-state index in [-0.39, 0.29) is 0 Å². The second-order valence-corrected chi connectivity index (χ2v) is 2.07. The third kappa shape index (κ3) is 2.66. The average molecular weight is 192 g/mol. The van der Waals surface area contributed by atoms with Gasteiger partial charge < -0.3 is 10.2 Å². The monoisotopic (exact) mass is 192 g/mol. The summed E-state index contributed by atoms with van der Waals surface area (Å²) in [6.07, 6.45) is -0.496. The van der Waals surface area contributed by atoms with Crippen LogP contribution in [0.3, 0.4) is 0 Å². The third-order valence-electron chi connectivity index (χ3n) is 1.23. The number of aliphatic carboxylic acids is 2. The number of carboxylic acid groups (broad SMARTS) is 2. The molecule has 0 aliphatic carbocycles. The van der Waals surface area contributed by atoms with Crippen LogP contribution in [0.4, 0.5) is 8.78 Å². The van der Waals surface area contributed by atoms with E-state index in [0.717, 1.165) is 6.92 Å². The molecule has 72 valence electrons. The fraction of sp³-hybridized carbons (Fsp3) is 0.143. The van der Waals surface area contributed by atoms with Crippen molar-refractivity contribution in [2.45, 2.75) is 6.92 Å². The molecule has 0 fully saturated rings. The SMILES string of the molecule is CC(C(=O)O)=C(F)C(=CF)C(=O)O. The van der Waals surface area contributed by atoms with Gasteiger partial charge in [-0.3, -0.25) is 0 Å². The van der Waals surface area contributed by atoms with Crippen molar-refractivity contribution >= 4 is 11.9 Å². The highest BCUT2D eigenvalue weighted by atomic mass is 19.1. The number of halogens is 2. The molecule has 6 heteroatoms. The lowest BCUT2D eigenvalue weighted by Crippen LogP contribution is -2.06. The number of carboxylic acids is 2. The lowest BCUT2D eigenvalue weighted by atomic mass is 10.1. The minimum atomic E-state index is -1.86. The van der Waals surface area contributed by atoms with Gasteiger partial charge in [-0.1, -0.05) is 0 Å². The van der Waals surface area contributed by atoms with Gasteiger partial charge in [-0.05, 0) is 6.92 Å². The van der Waals surface area contributed by atoms with Crippen LogP contribution in [-0.4, -0.2) is 22.2 Å². The number of rotatable bonds is 3. The van der Waals surface area contributed by atoms with Gasteiger partial charge >= 0.3 is 11.9 Å². The van der Waals surface area contributed by atoms with Gasteiger partial charge in [0.05, 0.1) is 5.57 Å². The molecule has 0 rings (SSSR count). The Morgan fingerprint density at radius 3 is 1.92 bits per heavy atom. The van der Waals surface area contributed by atoms with Crippen LogP contribution >= 0.6 is 0 Å². The maximum absolute atomic E-state index is 12.8. The summed E-state index contributed by atoms with van der Waals surface area (Å²) in [5, 5.41) is 16.4. The van der Waals surface area contributed by atoms with Crippen molar-refractivity contribution in [3.63, 3.8) is 0 Å². The van der Waals surface area contributed by atoms with Crippen molar-refractivity contribution in [2.24, 2.45) is 0 Å². The molecule has 0 saturated carbocycles. The molecule has 0 aromatic carbocycles. The molecule has 0 spiro atoms. The van der Waals surface area contributed by atoms with Gasteiger partial charge in [0, 0.05) is 0 Å². The Kier molecular flexibility index (Phi) is 3.77. The highest BCUT2D eigenvalue weighted by Crippen LogP contribution is 2.17. The Labute approximate surface area is 71.8 Å². The minimum Gasteiger partial charge on any atom is -0.478 e. The van der Waals surface area contributed by atoms with Crippen molar-refractivity contribution in [3.05, 3.63) is 23.3 Å². The minimum absolute atomic E-state index is 0.496. The fourth-order valence-corrected chi connectivity index (χ4v) is 0.484. The maximum atomic E-state index is 12.8. The summed E-state index contributed by atoms with van der Waals surface area (Å²) >= 11 is 0. The molecule has 0 aromatic rings. The van der Waals surface area contributed by atoms with E-state index in [1.54, 1.807) is 0 Å². The van der Waals surface area contributed by atoms with E-state index in [4.69, 9.17) is 10.2 Å². The first-order chi connectivity index (χ1) is 5.91. The van der Waals surface area contributed by atoms with Crippen LogP contribution in [0.15, 0.2) is 23.3 Å². The van der Waals surface area contributed by atoms with E-state index in [0.29, 0.717) is 0 Å². The van der Waals surface area contributed by atoms with Crippen molar-refractivity contribution < 1.29 is 28.6 Å². The predicted molar refractivity (Wildman–Crippen MR) is 38.3 cm³/mol. The summed E-state index contributed by atoms with van der Waals surface area (Å²) in [5.74, 6) is -5.10. The molecule has 0 bridgehead atoms. The van der Waals surface area contributed by atoms with E-state index in [1.807, 2.05) is 0 Å². The summed E-state index contributed by atoms with van der Waals surface area (Å²) in [7, 11) is 0. The van der Waals surface area contributed by atoms with Gasteiger partial charge in [0.2, 0.25) is 0 Å². The summed E-state index contributed by atoms with van der Waals surface area (Å²) in [6, 6.07) is 0. The quantitative estimate of drug-likeness (QED) is 0.521. The standard InChI is InChI=1S/C7H6F2O4/c1-3(6(10)11)5(9)4(2-8)7(12)13/h2H,1H3,(H,10,11)(H,12,13). The molecule has 0 aliphatic rings. The Balaban J connectivity index is 5.18. The van der Waals surface area contributed by atoms with Gasteiger partial charge in [-0.2, -0.15) is 0 Å². The highest BCUT2D eigenvalue weighted by Gasteiger charge is 2.19. The molecule has 0 unspecified atom stereocenters. The lowest BCUT2D eigenvalue weighted by Gasteiger charge is -1.98. The normalized spacial score (nSPS) is 13.6. The molecule has 0 atom stereocenters. The fourth-order valence-electron chi connectivity index (χ4n) is 0.484. The smallest absolute Gasteiger partial charge is 0.341 e. The Morgan fingerprint density at radius 2 is 1.69 bits per heavy atom. The average Bonchev–Trinajstić information content (AvgIpc) is 2.03. The molecule has 0 heterocycles. The van der Waals surface area contributed by atoms with E-state index in [2.05, 4.69) is 0 Å². The Bertz CT molecular complexity index is 304. The summed E-state index contributed by atoms with van der Waals surface area (Å²) in [4.78, 5) is 20.3. The van der Waals surface area contributed by atoms with E-state index < -0.39 is 35.2 Å². The number of hydrogen-bond donors (Lipinski definition) is 2. The van der Waals surface area contributed by atoms with Gasteiger partial charge in [-0.25, -0.2) is 18.4 Å². The van der Waals surface area contributed by atoms with Gasteiger partial charge in [0.25, 0.3) is 0 Å². The second-order valence-electron chi connectivity index (χ2n) is 2.07. The molecular weight excluding hydrogens is 186 g/mol. The van der Waals surface area contributed by atoms with Crippen LogP contribution < -0.4 is 0 Å². The van der Waals surface area contributed by atoms with Crippen molar-refractivity contribution in [2.75, 3.05) is 0 Å². The summed E-state index contributed by atoms with van der Waals surface area (Å²) in [5.41, 5.74) is -2.16. The van der Waals surface area contributed by atoms with Crippen LogP contribution in [0.2, 0.25) is 0 Å². The van der Waals surface area contributed by atoms with E-state index in [1.165, 1.54) is 0 Å². The highest BCUT2D eigenvalue weighted by molar-refractivity contribution is 5.95. The second kappa shape index (κ2) is 4.34. The topological polar surface area (TPSA) is 74.6 Å². The molecule has 13 heavy (non-hydrogen) atoms. The molecule has 0 aliphatic heterocycles. The van der Waals surface area contributed by atoms with Gasteiger partial charge in [-0.15, -0.1) is 0 Å².